The van der Waals surface area contributed by atoms with Gasteiger partial charge in [-0.05, 0) is 47.8 Å². The zero-order chi connectivity index (χ0) is 14.8. The van der Waals surface area contributed by atoms with Crippen molar-refractivity contribution < 1.29 is 4.74 Å². The molecular weight excluding hydrogens is 258 g/mol. The van der Waals surface area contributed by atoms with Crippen molar-refractivity contribution in [2.24, 2.45) is 17.8 Å². The molecule has 1 fully saturated rings. The van der Waals surface area contributed by atoms with E-state index in [-0.39, 0.29) is 0 Å². The van der Waals surface area contributed by atoms with Crippen molar-refractivity contribution in [2.75, 3.05) is 6.61 Å². The summed E-state index contributed by atoms with van der Waals surface area (Å²) in [6.45, 7) is 9.00. The topological polar surface area (TPSA) is 21.3 Å². The summed E-state index contributed by atoms with van der Waals surface area (Å²) in [5.74, 6) is 3.57. The molecule has 21 heavy (non-hydrogen) atoms. The Morgan fingerprint density at radius 2 is 2.14 bits per heavy atom. The number of benzene rings is 1. The molecular formula is C19H29NO. The van der Waals surface area contributed by atoms with E-state index in [4.69, 9.17) is 4.74 Å². The summed E-state index contributed by atoms with van der Waals surface area (Å²) in [6, 6.07) is 7.36. The van der Waals surface area contributed by atoms with Gasteiger partial charge in [0.2, 0.25) is 0 Å². The molecule has 2 aliphatic rings. The molecule has 0 amide bonds. The summed E-state index contributed by atoms with van der Waals surface area (Å²) in [5.41, 5.74) is 2.78. The molecule has 1 aromatic rings. The third-order valence-electron chi connectivity index (χ3n) is 5.34. The van der Waals surface area contributed by atoms with E-state index in [9.17, 15) is 0 Å². The minimum atomic E-state index is 0.679. The first-order chi connectivity index (χ1) is 10.1. The molecule has 0 bridgehead atoms. The van der Waals surface area contributed by atoms with E-state index >= 15 is 0 Å². The molecule has 0 spiro atoms. The highest BCUT2D eigenvalue weighted by atomic mass is 16.5. The van der Waals surface area contributed by atoms with Crippen molar-refractivity contribution in [3.05, 3.63) is 29.3 Å². The largest absolute Gasteiger partial charge is 0.493 e. The summed E-state index contributed by atoms with van der Waals surface area (Å²) in [7, 11) is 0. The minimum Gasteiger partial charge on any atom is -0.493 e. The standard InChI is InChI=1S/C19H29NO/c1-13(2)17-6-4-14(3)10-18(17)20-12-15-5-7-19-16(11-15)8-9-21-19/h5,7,11,13-14,17-18,20H,4,6,8-10,12H2,1-3H3. The highest BCUT2D eigenvalue weighted by molar-refractivity contribution is 5.39. The van der Waals surface area contributed by atoms with Gasteiger partial charge in [-0.15, -0.1) is 0 Å². The van der Waals surface area contributed by atoms with Gasteiger partial charge in [0.15, 0.2) is 0 Å². The Hall–Kier alpha value is -1.02. The fraction of sp³-hybridized carbons (Fsp3) is 0.684. The van der Waals surface area contributed by atoms with Gasteiger partial charge >= 0.3 is 0 Å². The van der Waals surface area contributed by atoms with E-state index in [1.54, 1.807) is 0 Å². The number of ether oxygens (including phenoxy) is 1. The molecule has 0 aromatic heterocycles. The Balaban J connectivity index is 1.62. The van der Waals surface area contributed by atoms with Crippen LogP contribution in [0.15, 0.2) is 18.2 Å². The molecule has 3 rings (SSSR count). The maximum absolute atomic E-state index is 5.59. The van der Waals surface area contributed by atoms with Gasteiger partial charge in [0.1, 0.15) is 5.75 Å². The number of nitrogens with one attached hydrogen (secondary N) is 1. The van der Waals surface area contributed by atoms with E-state index < -0.39 is 0 Å². The highest BCUT2D eigenvalue weighted by Gasteiger charge is 2.30. The van der Waals surface area contributed by atoms with Crippen LogP contribution in [-0.2, 0) is 13.0 Å². The Bertz CT molecular complexity index is 482. The third kappa shape index (κ3) is 3.42. The van der Waals surface area contributed by atoms with Crippen LogP contribution in [0.4, 0.5) is 0 Å². The van der Waals surface area contributed by atoms with Gasteiger partial charge in [0.25, 0.3) is 0 Å². The van der Waals surface area contributed by atoms with Crippen molar-refractivity contribution >= 4 is 0 Å². The van der Waals surface area contributed by atoms with Crippen LogP contribution < -0.4 is 10.1 Å². The van der Waals surface area contributed by atoms with Gasteiger partial charge in [0, 0.05) is 19.0 Å². The molecule has 1 saturated carbocycles. The van der Waals surface area contributed by atoms with E-state index in [1.807, 2.05) is 0 Å². The molecule has 0 saturated heterocycles. The molecule has 116 valence electrons. The van der Waals surface area contributed by atoms with E-state index in [0.717, 1.165) is 43.1 Å². The third-order valence-corrected chi connectivity index (χ3v) is 5.34. The van der Waals surface area contributed by atoms with Crippen molar-refractivity contribution in [1.29, 1.82) is 0 Å². The van der Waals surface area contributed by atoms with Crippen LogP contribution >= 0.6 is 0 Å². The number of rotatable bonds is 4. The summed E-state index contributed by atoms with van der Waals surface area (Å²) < 4.78 is 5.59. The SMILES string of the molecule is CC1CCC(C(C)C)C(NCc2ccc3c(c2)CCO3)C1. The van der Waals surface area contributed by atoms with Crippen LogP contribution in [0.5, 0.6) is 5.75 Å². The first-order valence-electron chi connectivity index (χ1n) is 8.61. The molecule has 3 atom stereocenters. The molecule has 1 N–H and O–H groups in total. The second kappa shape index (κ2) is 6.39. The lowest BCUT2D eigenvalue weighted by Gasteiger charge is -2.38. The molecule has 1 aliphatic carbocycles. The van der Waals surface area contributed by atoms with Crippen LogP contribution in [-0.4, -0.2) is 12.6 Å². The summed E-state index contributed by atoms with van der Waals surface area (Å²) in [4.78, 5) is 0. The van der Waals surface area contributed by atoms with Crippen LogP contribution in [0.2, 0.25) is 0 Å². The smallest absolute Gasteiger partial charge is 0.122 e. The fourth-order valence-corrected chi connectivity index (χ4v) is 4.04. The lowest BCUT2D eigenvalue weighted by atomic mass is 9.74. The number of fused-ring (bicyclic) bond motifs is 1. The maximum Gasteiger partial charge on any atom is 0.122 e. The van der Waals surface area contributed by atoms with Crippen molar-refractivity contribution in [2.45, 2.75) is 59.0 Å². The molecule has 1 aliphatic heterocycles. The first-order valence-corrected chi connectivity index (χ1v) is 8.61. The Labute approximate surface area is 129 Å². The second-order valence-corrected chi connectivity index (χ2v) is 7.35. The lowest BCUT2D eigenvalue weighted by Crippen LogP contribution is -2.42. The molecule has 2 nitrogen and oxygen atoms in total. The zero-order valence-electron chi connectivity index (χ0n) is 13.7. The monoisotopic (exact) mass is 287 g/mol. The predicted octanol–water partition coefficient (Wildman–Crippen LogP) is 4.17. The zero-order valence-corrected chi connectivity index (χ0v) is 13.7. The lowest BCUT2D eigenvalue weighted by molar-refractivity contribution is 0.169. The normalized spacial score (nSPS) is 28.5. The van der Waals surface area contributed by atoms with Gasteiger partial charge in [-0.3, -0.25) is 0 Å². The highest BCUT2D eigenvalue weighted by Crippen LogP contribution is 2.34. The van der Waals surface area contributed by atoms with Gasteiger partial charge < -0.3 is 10.1 Å². The quantitative estimate of drug-likeness (QED) is 0.897. The van der Waals surface area contributed by atoms with Gasteiger partial charge in [0.05, 0.1) is 6.61 Å². The molecule has 3 unspecified atom stereocenters. The Morgan fingerprint density at radius 1 is 1.29 bits per heavy atom. The van der Waals surface area contributed by atoms with Gasteiger partial charge in [-0.1, -0.05) is 39.3 Å². The van der Waals surface area contributed by atoms with Crippen LogP contribution in [0.1, 0.15) is 51.2 Å². The Kier molecular flexibility index (Phi) is 4.54. The summed E-state index contributed by atoms with van der Waals surface area (Å²) in [6.07, 6.45) is 5.18. The van der Waals surface area contributed by atoms with Crippen molar-refractivity contribution in [3.8, 4) is 5.75 Å². The number of hydrogen-bond acceptors (Lipinski definition) is 2. The van der Waals surface area contributed by atoms with Gasteiger partial charge in [-0.25, -0.2) is 0 Å². The molecule has 0 radical (unpaired) electrons. The second-order valence-electron chi connectivity index (χ2n) is 7.35. The van der Waals surface area contributed by atoms with Crippen LogP contribution in [0.3, 0.4) is 0 Å². The molecule has 1 heterocycles. The van der Waals surface area contributed by atoms with Crippen LogP contribution in [0.25, 0.3) is 0 Å². The number of hydrogen-bond donors (Lipinski definition) is 1. The van der Waals surface area contributed by atoms with E-state index in [0.29, 0.717) is 6.04 Å². The molecule has 2 heteroatoms. The average molecular weight is 287 g/mol. The molecule has 1 aromatic carbocycles. The maximum atomic E-state index is 5.59. The fourth-order valence-electron chi connectivity index (χ4n) is 4.04. The van der Waals surface area contributed by atoms with E-state index in [2.05, 4.69) is 44.3 Å². The average Bonchev–Trinajstić information content (AvgIpc) is 2.92. The van der Waals surface area contributed by atoms with E-state index in [1.165, 1.54) is 30.4 Å². The first kappa shape index (κ1) is 14.9. The summed E-state index contributed by atoms with van der Waals surface area (Å²) in [5, 5.41) is 3.85. The predicted molar refractivity (Wildman–Crippen MR) is 87.6 cm³/mol. The minimum absolute atomic E-state index is 0.679. The van der Waals surface area contributed by atoms with Gasteiger partial charge in [-0.2, -0.15) is 0 Å². The van der Waals surface area contributed by atoms with Crippen molar-refractivity contribution in [1.82, 2.24) is 5.32 Å². The summed E-state index contributed by atoms with van der Waals surface area (Å²) >= 11 is 0. The van der Waals surface area contributed by atoms with Crippen molar-refractivity contribution in [3.63, 3.8) is 0 Å². The van der Waals surface area contributed by atoms with Crippen LogP contribution in [0, 0.1) is 17.8 Å². The Morgan fingerprint density at radius 3 is 2.95 bits per heavy atom.